The molecule has 0 atom stereocenters. The molecule has 0 aliphatic rings. The third-order valence-corrected chi connectivity index (χ3v) is 3.76. The fourth-order valence-corrected chi connectivity index (χ4v) is 2.35. The Morgan fingerprint density at radius 1 is 1.24 bits per heavy atom. The summed E-state index contributed by atoms with van der Waals surface area (Å²) in [5, 5.41) is 12.4. The van der Waals surface area contributed by atoms with Gasteiger partial charge < -0.3 is 4.98 Å². The van der Waals surface area contributed by atoms with Crippen molar-refractivity contribution in [2.75, 3.05) is 0 Å². The zero-order chi connectivity index (χ0) is 17.8. The summed E-state index contributed by atoms with van der Waals surface area (Å²) < 4.78 is 0.727. The third-order valence-electron chi connectivity index (χ3n) is 3.05. The summed E-state index contributed by atoms with van der Waals surface area (Å²) in [6.07, 6.45) is 1.61. The highest BCUT2D eigenvalue weighted by Gasteiger charge is 2.12. The average molecular weight is 425 g/mol. The van der Waals surface area contributed by atoms with Crippen LogP contribution in [0, 0.1) is 0 Å². The number of carbonyl (C=O) groups is 2. The van der Waals surface area contributed by atoms with Gasteiger partial charge in [0, 0.05) is 21.3 Å². The van der Waals surface area contributed by atoms with Gasteiger partial charge in [0.25, 0.3) is 11.8 Å². The zero-order valence-corrected chi connectivity index (χ0v) is 14.9. The predicted molar refractivity (Wildman–Crippen MR) is 92.4 cm³/mol. The van der Waals surface area contributed by atoms with Gasteiger partial charge in [-0.25, -0.2) is 0 Å². The van der Waals surface area contributed by atoms with Crippen LogP contribution < -0.4 is 10.9 Å². The van der Waals surface area contributed by atoms with Crippen molar-refractivity contribution in [3.8, 4) is 11.4 Å². The van der Waals surface area contributed by atoms with E-state index in [1.165, 1.54) is 0 Å². The normalized spacial score (nSPS) is 10.5. The Labute approximate surface area is 154 Å². The standard InChI is InChI=1S/C14H11BrClN7O2/c15-9-5-11(17-6-9)14(25)20-18-12(24)7-23-21-13(19-22-23)8-1-3-10(16)4-2-8/h1-6,17H,7H2,(H,18,24)(H,20,25). The molecule has 3 rings (SSSR count). The molecule has 2 heterocycles. The molecule has 2 amide bonds. The first-order valence-corrected chi connectivity index (χ1v) is 8.15. The molecule has 2 aromatic heterocycles. The number of hydrogen-bond donors (Lipinski definition) is 3. The highest BCUT2D eigenvalue weighted by molar-refractivity contribution is 9.10. The molecule has 0 spiro atoms. The molecule has 11 heteroatoms. The molecule has 3 N–H and O–H groups in total. The SMILES string of the molecule is O=C(Cn1nnc(-c2ccc(Cl)cc2)n1)NNC(=O)c1cc(Br)c[nH]1. The Morgan fingerprint density at radius 2 is 2.00 bits per heavy atom. The van der Waals surface area contributed by atoms with Crippen molar-refractivity contribution in [2.45, 2.75) is 6.54 Å². The van der Waals surface area contributed by atoms with Gasteiger partial charge in [0.15, 0.2) is 0 Å². The quantitative estimate of drug-likeness (QED) is 0.549. The van der Waals surface area contributed by atoms with Crippen LogP contribution in [0.2, 0.25) is 5.02 Å². The fourth-order valence-electron chi connectivity index (χ4n) is 1.89. The van der Waals surface area contributed by atoms with Crippen LogP contribution in [0.5, 0.6) is 0 Å². The summed E-state index contributed by atoms with van der Waals surface area (Å²) >= 11 is 9.04. The van der Waals surface area contributed by atoms with Crippen LogP contribution in [0.25, 0.3) is 11.4 Å². The minimum atomic E-state index is -0.501. The van der Waals surface area contributed by atoms with E-state index in [1.54, 1.807) is 36.5 Å². The molecule has 0 fully saturated rings. The molecule has 0 aliphatic carbocycles. The number of tetrazole rings is 1. The van der Waals surface area contributed by atoms with Gasteiger partial charge in [0.05, 0.1) is 0 Å². The van der Waals surface area contributed by atoms with Crippen LogP contribution in [0.15, 0.2) is 41.0 Å². The van der Waals surface area contributed by atoms with E-state index in [2.05, 4.69) is 47.2 Å². The number of benzene rings is 1. The van der Waals surface area contributed by atoms with Crippen molar-refractivity contribution in [1.29, 1.82) is 0 Å². The second-order valence-corrected chi connectivity index (χ2v) is 6.24. The van der Waals surface area contributed by atoms with Gasteiger partial charge in [-0.2, -0.15) is 4.80 Å². The van der Waals surface area contributed by atoms with Crippen LogP contribution in [-0.2, 0) is 11.3 Å². The van der Waals surface area contributed by atoms with E-state index in [0.29, 0.717) is 16.5 Å². The lowest BCUT2D eigenvalue weighted by Crippen LogP contribution is -2.43. The monoisotopic (exact) mass is 423 g/mol. The minimum Gasteiger partial charge on any atom is -0.356 e. The number of aromatic nitrogens is 5. The molecular weight excluding hydrogens is 414 g/mol. The first-order chi connectivity index (χ1) is 12.0. The van der Waals surface area contributed by atoms with Crippen LogP contribution in [0.3, 0.4) is 0 Å². The molecule has 0 bridgehead atoms. The van der Waals surface area contributed by atoms with E-state index in [4.69, 9.17) is 11.6 Å². The van der Waals surface area contributed by atoms with Crippen molar-refractivity contribution in [3.63, 3.8) is 0 Å². The van der Waals surface area contributed by atoms with Gasteiger partial charge in [0.2, 0.25) is 5.82 Å². The predicted octanol–water partition coefficient (Wildman–Crippen LogP) is 1.55. The number of nitrogens with one attached hydrogen (secondary N) is 3. The van der Waals surface area contributed by atoms with Crippen LogP contribution in [0.1, 0.15) is 10.5 Å². The molecule has 9 nitrogen and oxygen atoms in total. The van der Waals surface area contributed by atoms with Gasteiger partial charge in [-0.3, -0.25) is 20.4 Å². The zero-order valence-electron chi connectivity index (χ0n) is 12.5. The fraction of sp³-hybridized carbons (Fsp3) is 0.0714. The molecule has 25 heavy (non-hydrogen) atoms. The largest absolute Gasteiger partial charge is 0.356 e. The second-order valence-electron chi connectivity index (χ2n) is 4.88. The number of H-pyrrole nitrogens is 1. The Hall–Kier alpha value is -2.72. The average Bonchev–Trinajstić information content (AvgIpc) is 3.22. The number of aromatic amines is 1. The Morgan fingerprint density at radius 3 is 2.68 bits per heavy atom. The molecule has 3 aromatic rings. The third kappa shape index (κ3) is 4.43. The second kappa shape index (κ2) is 7.45. The first-order valence-electron chi connectivity index (χ1n) is 6.98. The lowest BCUT2D eigenvalue weighted by molar-refractivity contribution is -0.122. The molecular formula is C14H11BrClN7O2. The molecule has 128 valence electrons. The van der Waals surface area contributed by atoms with Gasteiger partial charge in [-0.05, 0) is 51.5 Å². The maximum atomic E-state index is 11.9. The number of carbonyl (C=O) groups excluding carboxylic acids is 2. The van der Waals surface area contributed by atoms with Gasteiger partial charge >= 0.3 is 0 Å². The topological polar surface area (TPSA) is 118 Å². The number of amides is 2. The van der Waals surface area contributed by atoms with E-state index in [9.17, 15) is 9.59 Å². The van der Waals surface area contributed by atoms with E-state index in [-0.39, 0.29) is 6.54 Å². The minimum absolute atomic E-state index is 0.199. The Bertz CT molecular complexity index is 906. The first kappa shape index (κ1) is 17.1. The molecule has 0 saturated heterocycles. The number of hydrogen-bond acceptors (Lipinski definition) is 5. The van der Waals surface area contributed by atoms with Crippen molar-refractivity contribution < 1.29 is 9.59 Å². The maximum Gasteiger partial charge on any atom is 0.286 e. The number of hydrazine groups is 1. The summed E-state index contributed by atoms with van der Waals surface area (Å²) in [5.41, 5.74) is 5.58. The number of halogens is 2. The summed E-state index contributed by atoms with van der Waals surface area (Å²) in [6.45, 7) is -0.199. The van der Waals surface area contributed by atoms with E-state index in [1.807, 2.05) is 0 Å². The van der Waals surface area contributed by atoms with Crippen LogP contribution >= 0.6 is 27.5 Å². The van der Waals surface area contributed by atoms with Crippen LogP contribution in [-0.4, -0.2) is 37.0 Å². The van der Waals surface area contributed by atoms with Crippen LogP contribution in [0.4, 0.5) is 0 Å². The molecule has 0 aliphatic heterocycles. The summed E-state index contributed by atoms with van der Waals surface area (Å²) in [5.74, 6) is -0.615. The lowest BCUT2D eigenvalue weighted by Gasteiger charge is -2.05. The molecule has 1 aromatic carbocycles. The van der Waals surface area contributed by atoms with Crippen molar-refractivity contribution in [1.82, 2.24) is 36.0 Å². The maximum absolute atomic E-state index is 11.9. The van der Waals surface area contributed by atoms with Crippen molar-refractivity contribution >= 4 is 39.3 Å². The smallest absolute Gasteiger partial charge is 0.286 e. The van der Waals surface area contributed by atoms with Gasteiger partial charge in [-0.1, -0.05) is 11.6 Å². The van der Waals surface area contributed by atoms with Crippen molar-refractivity contribution in [2.24, 2.45) is 0 Å². The summed E-state index contributed by atoms with van der Waals surface area (Å²) in [6, 6.07) is 8.49. The number of rotatable bonds is 4. The molecule has 0 saturated carbocycles. The highest BCUT2D eigenvalue weighted by atomic mass is 79.9. The number of nitrogens with zero attached hydrogens (tertiary/aromatic N) is 4. The molecule has 0 radical (unpaired) electrons. The van der Waals surface area contributed by atoms with E-state index < -0.39 is 11.8 Å². The summed E-state index contributed by atoms with van der Waals surface area (Å²) in [4.78, 5) is 27.5. The Balaban J connectivity index is 1.55. The highest BCUT2D eigenvalue weighted by Crippen LogP contribution is 2.16. The Kier molecular flexibility index (Phi) is 5.10. The van der Waals surface area contributed by atoms with E-state index in [0.717, 1.165) is 14.8 Å². The van der Waals surface area contributed by atoms with Gasteiger partial charge in [-0.15, -0.1) is 10.2 Å². The van der Waals surface area contributed by atoms with Gasteiger partial charge in [0.1, 0.15) is 12.2 Å². The van der Waals surface area contributed by atoms with E-state index >= 15 is 0 Å². The summed E-state index contributed by atoms with van der Waals surface area (Å²) in [7, 11) is 0. The lowest BCUT2D eigenvalue weighted by atomic mass is 10.2. The van der Waals surface area contributed by atoms with Crippen molar-refractivity contribution in [3.05, 3.63) is 51.7 Å². The molecule has 0 unspecified atom stereocenters.